The van der Waals surface area contributed by atoms with Gasteiger partial charge < -0.3 is 31.9 Å². The van der Waals surface area contributed by atoms with Crippen LogP contribution < -0.4 is 31.9 Å². The molecule has 3 aliphatic heterocycles. The Balaban J connectivity index is 2.08. The molecule has 0 aromatic carbocycles. The molecule has 6 N–H and O–H groups in total. The average molecular weight is 384 g/mol. The number of nitrogens with zero attached hydrogens (tertiary/aromatic N) is 1. The van der Waals surface area contributed by atoms with Crippen molar-refractivity contribution in [2.45, 2.75) is 27.7 Å². The van der Waals surface area contributed by atoms with Gasteiger partial charge in [-0.1, -0.05) is 27.7 Å². The molecule has 0 saturated carbocycles. The minimum atomic E-state index is 0.221. The lowest BCUT2D eigenvalue weighted by atomic mass is 9.89. The maximum Gasteiger partial charge on any atom is 0.0505 e. The lowest BCUT2D eigenvalue weighted by Crippen LogP contribution is -2.51. The van der Waals surface area contributed by atoms with Crippen LogP contribution in [0, 0.1) is 23.2 Å². The molecular weight excluding hydrogens is 338 g/mol. The first-order chi connectivity index (χ1) is 13.0. The van der Waals surface area contributed by atoms with Crippen LogP contribution in [0.1, 0.15) is 27.7 Å². The quantitative estimate of drug-likeness (QED) is 0.341. The highest BCUT2D eigenvalue weighted by Gasteiger charge is 2.24. The summed E-state index contributed by atoms with van der Waals surface area (Å²) in [5.74, 6) is 1.87. The standard InChI is InChI=1S/C20H45N7/c1-17-5-21-11-20(4)12-22-6-18(2)9-25-15-27(14-24-8-17)16-26-10-19(3)7-23-13-20/h17-19,21-26H,5-16H2,1-4H3. The Morgan fingerprint density at radius 3 is 1.19 bits per heavy atom. The van der Waals surface area contributed by atoms with Gasteiger partial charge in [0.15, 0.2) is 0 Å². The Kier molecular flexibility index (Phi) is 10.5. The monoisotopic (exact) mass is 383 g/mol. The smallest absolute Gasteiger partial charge is 0.0505 e. The van der Waals surface area contributed by atoms with Gasteiger partial charge in [-0.05, 0) is 37.4 Å². The van der Waals surface area contributed by atoms with E-state index in [2.05, 4.69) is 64.5 Å². The zero-order chi connectivity index (χ0) is 19.5. The van der Waals surface area contributed by atoms with Gasteiger partial charge in [-0.2, -0.15) is 0 Å². The highest BCUT2D eigenvalue weighted by molar-refractivity contribution is 4.83. The third-order valence-electron chi connectivity index (χ3n) is 5.62. The molecule has 7 nitrogen and oxygen atoms in total. The molecule has 3 fully saturated rings. The van der Waals surface area contributed by atoms with Gasteiger partial charge in [0, 0.05) is 44.7 Å². The summed E-state index contributed by atoms with van der Waals surface area (Å²) in [5, 5.41) is 22.2. The molecule has 3 atom stereocenters. The Morgan fingerprint density at radius 1 is 0.556 bits per heavy atom. The number of hydrogen-bond acceptors (Lipinski definition) is 7. The van der Waals surface area contributed by atoms with Crippen LogP contribution in [0.2, 0.25) is 0 Å². The first kappa shape index (κ1) is 23.0. The lowest BCUT2D eigenvalue weighted by Gasteiger charge is -2.33. The predicted molar refractivity (Wildman–Crippen MR) is 115 cm³/mol. The molecule has 3 saturated heterocycles. The summed E-state index contributed by atoms with van der Waals surface area (Å²) in [6, 6.07) is 0. The van der Waals surface area contributed by atoms with Gasteiger partial charge in [0.2, 0.25) is 0 Å². The zero-order valence-corrected chi connectivity index (χ0v) is 18.2. The van der Waals surface area contributed by atoms with Crippen molar-refractivity contribution in [1.29, 1.82) is 0 Å². The molecule has 3 unspecified atom stereocenters. The van der Waals surface area contributed by atoms with Gasteiger partial charge in [0.1, 0.15) is 0 Å². The Hall–Kier alpha value is -0.280. The summed E-state index contributed by atoms with van der Waals surface area (Å²) >= 11 is 0. The molecule has 0 amide bonds. The average Bonchev–Trinajstić information content (AvgIpc) is 2.60. The van der Waals surface area contributed by atoms with Crippen molar-refractivity contribution < 1.29 is 0 Å². The fourth-order valence-electron chi connectivity index (χ4n) is 3.84. The van der Waals surface area contributed by atoms with Crippen molar-refractivity contribution in [3.63, 3.8) is 0 Å². The van der Waals surface area contributed by atoms with Gasteiger partial charge in [0.05, 0.1) is 20.0 Å². The Bertz CT molecular complexity index is 337. The molecule has 27 heavy (non-hydrogen) atoms. The van der Waals surface area contributed by atoms with Crippen molar-refractivity contribution >= 4 is 0 Å². The van der Waals surface area contributed by atoms with Crippen LogP contribution in [0.4, 0.5) is 0 Å². The minimum Gasteiger partial charge on any atom is -0.316 e. The first-order valence-corrected chi connectivity index (χ1v) is 10.9. The summed E-state index contributed by atoms with van der Waals surface area (Å²) < 4.78 is 0. The van der Waals surface area contributed by atoms with Crippen molar-refractivity contribution in [3.8, 4) is 0 Å². The lowest BCUT2D eigenvalue weighted by molar-refractivity contribution is 0.197. The van der Waals surface area contributed by atoms with E-state index in [0.717, 1.165) is 78.9 Å². The van der Waals surface area contributed by atoms with E-state index in [1.165, 1.54) is 0 Å². The number of rotatable bonds is 0. The molecule has 3 aliphatic rings. The SMILES string of the molecule is CC1CNCN2CNCC(C)CNCC(C)(CNC1)CNCC(C)CNC2. The maximum atomic E-state index is 3.74. The van der Waals surface area contributed by atoms with Crippen LogP contribution in [-0.2, 0) is 0 Å². The summed E-state index contributed by atoms with van der Waals surface area (Å²) in [6.45, 7) is 21.6. The largest absolute Gasteiger partial charge is 0.316 e. The van der Waals surface area contributed by atoms with E-state index < -0.39 is 0 Å². The fraction of sp³-hybridized carbons (Fsp3) is 1.00. The van der Waals surface area contributed by atoms with Crippen LogP contribution >= 0.6 is 0 Å². The van der Waals surface area contributed by atoms with E-state index in [1.807, 2.05) is 0 Å². The predicted octanol–water partition coefficient (Wildman–Crippen LogP) is -0.360. The Labute approximate surface area is 167 Å². The topological polar surface area (TPSA) is 75.4 Å². The summed E-state index contributed by atoms with van der Waals surface area (Å²) in [7, 11) is 0. The van der Waals surface area contributed by atoms with Crippen LogP contribution in [0.25, 0.3) is 0 Å². The normalized spacial score (nSPS) is 39.6. The van der Waals surface area contributed by atoms with E-state index in [9.17, 15) is 0 Å². The highest BCUT2D eigenvalue weighted by atomic mass is 15.3. The van der Waals surface area contributed by atoms with Crippen LogP contribution in [-0.4, -0.2) is 83.8 Å². The van der Waals surface area contributed by atoms with Gasteiger partial charge in [-0.25, -0.2) is 0 Å². The highest BCUT2D eigenvalue weighted by Crippen LogP contribution is 2.13. The van der Waals surface area contributed by atoms with Crippen molar-refractivity contribution in [2.75, 3.05) is 78.9 Å². The van der Waals surface area contributed by atoms with Gasteiger partial charge >= 0.3 is 0 Å². The molecule has 0 aliphatic carbocycles. The van der Waals surface area contributed by atoms with Crippen LogP contribution in [0.5, 0.6) is 0 Å². The van der Waals surface area contributed by atoms with Crippen molar-refractivity contribution in [3.05, 3.63) is 0 Å². The summed E-state index contributed by atoms with van der Waals surface area (Å²) in [6.07, 6.45) is 0. The Morgan fingerprint density at radius 2 is 0.852 bits per heavy atom. The maximum absolute atomic E-state index is 3.74. The van der Waals surface area contributed by atoms with Crippen molar-refractivity contribution in [2.24, 2.45) is 23.2 Å². The van der Waals surface area contributed by atoms with Crippen LogP contribution in [0.3, 0.4) is 0 Å². The third-order valence-corrected chi connectivity index (χ3v) is 5.62. The molecule has 0 radical (unpaired) electrons. The van der Waals surface area contributed by atoms with E-state index in [-0.39, 0.29) is 5.41 Å². The summed E-state index contributed by atoms with van der Waals surface area (Å²) in [4.78, 5) is 2.43. The molecule has 0 spiro atoms. The second-order valence-electron chi connectivity index (χ2n) is 9.53. The van der Waals surface area contributed by atoms with Gasteiger partial charge in [-0.3, -0.25) is 4.90 Å². The second kappa shape index (κ2) is 12.3. The second-order valence-corrected chi connectivity index (χ2v) is 9.53. The molecule has 3 rings (SSSR count). The number of fused-ring (bicyclic) bond motifs is 18. The van der Waals surface area contributed by atoms with Gasteiger partial charge in [-0.15, -0.1) is 0 Å². The molecule has 0 aromatic heterocycles. The molecule has 7 heteroatoms. The molecule has 3 heterocycles. The molecular formula is C20H45N7. The molecule has 0 aromatic rings. The van der Waals surface area contributed by atoms with E-state index >= 15 is 0 Å². The zero-order valence-electron chi connectivity index (χ0n) is 18.2. The molecule has 2 bridgehead atoms. The molecule has 160 valence electrons. The van der Waals surface area contributed by atoms with E-state index in [4.69, 9.17) is 0 Å². The van der Waals surface area contributed by atoms with Crippen molar-refractivity contribution in [1.82, 2.24) is 36.8 Å². The number of hydrogen-bond donors (Lipinski definition) is 6. The number of nitrogens with one attached hydrogen (secondary N) is 6. The minimum absolute atomic E-state index is 0.221. The van der Waals surface area contributed by atoms with Crippen LogP contribution in [0.15, 0.2) is 0 Å². The fourth-order valence-corrected chi connectivity index (χ4v) is 3.84. The van der Waals surface area contributed by atoms with E-state index in [1.54, 1.807) is 0 Å². The van der Waals surface area contributed by atoms with E-state index in [0.29, 0.717) is 17.8 Å². The first-order valence-electron chi connectivity index (χ1n) is 10.9. The third kappa shape index (κ3) is 9.65. The van der Waals surface area contributed by atoms with Gasteiger partial charge in [0.25, 0.3) is 0 Å². The summed E-state index contributed by atoms with van der Waals surface area (Å²) in [5.41, 5.74) is 0.221.